The van der Waals surface area contributed by atoms with Gasteiger partial charge in [-0.25, -0.2) is 4.39 Å². The van der Waals surface area contributed by atoms with Crippen molar-refractivity contribution in [2.24, 2.45) is 11.3 Å². The summed E-state index contributed by atoms with van der Waals surface area (Å²) in [4.78, 5) is 17.8. The quantitative estimate of drug-likeness (QED) is 0.827. The number of methoxy groups -OCH3 is 1. The van der Waals surface area contributed by atoms with Gasteiger partial charge >= 0.3 is 0 Å². The van der Waals surface area contributed by atoms with Crippen molar-refractivity contribution in [3.05, 3.63) is 29.8 Å². The van der Waals surface area contributed by atoms with E-state index in [1.165, 1.54) is 12.3 Å². The standard InChI is InChI=1S/C14H17FN2O3/c1-19-8-14-7-17(5-10(14)6-20-9-14)13(18)11-2-3-16-4-12(11)15/h2-4,10H,5-9H2,1H3/t10-,14-/m0/s1. The molecule has 2 aliphatic rings. The maximum absolute atomic E-state index is 13.7. The second kappa shape index (κ2) is 5.10. The lowest BCUT2D eigenvalue weighted by atomic mass is 9.82. The van der Waals surface area contributed by atoms with Gasteiger partial charge in [-0.05, 0) is 6.07 Å². The van der Waals surface area contributed by atoms with Crippen molar-refractivity contribution in [3.63, 3.8) is 0 Å². The largest absolute Gasteiger partial charge is 0.384 e. The molecule has 1 aromatic heterocycles. The van der Waals surface area contributed by atoms with Crippen molar-refractivity contribution < 1.29 is 18.7 Å². The topological polar surface area (TPSA) is 51.7 Å². The SMILES string of the molecule is COC[C@@]12COC[C@@H]1CN(C(=O)c1ccncc1F)C2. The van der Waals surface area contributed by atoms with E-state index in [0.717, 1.165) is 6.20 Å². The molecule has 20 heavy (non-hydrogen) atoms. The number of pyridine rings is 1. The van der Waals surface area contributed by atoms with E-state index in [9.17, 15) is 9.18 Å². The molecule has 0 unspecified atom stereocenters. The van der Waals surface area contributed by atoms with E-state index in [2.05, 4.69) is 4.98 Å². The number of nitrogens with zero attached hydrogens (tertiary/aromatic N) is 2. The fraction of sp³-hybridized carbons (Fsp3) is 0.571. The van der Waals surface area contributed by atoms with E-state index in [-0.39, 0.29) is 22.8 Å². The molecule has 1 amide bonds. The van der Waals surface area contributed by atoms with Gasteiger partial charge in [0.2, 0.25) is 0 Å². The molecule has 2 atom stereocenters. The molecule has 0 N–H and O–H groups in total. The number of likely N-dealkylation sites (tertiary alicyclic amines) is 1. The molecule has 0 radical (unpaired) electrons. The van der Waals surface area contributed by atoms with E-state index in [1.807, 2.05) is 0 Å². The highest BCUT2D eigenvalue weighted by Gasteiger charge is 2.52. The molecule has 0 bridgehead atoms. The van der Waals surface area contributed by atoms with Crippen LogP contribution in [0.2, 0.25) is 0 Å². The number of hydrogen-bond donors (Lipinski definition) is 0. The third-order valence-corrected chi connectivity index (χ3v) is 4.24. The molecule has 2 fully saturated rings. The molecular formula is C14H17FN2O3. The minimum atomic E-state index is -0.577. The third kappa shape index (κ3) is 2.09. The Hall–Kier alpha value is -1.53. The van der Waals surface area contributed by atoms with E-state index >= 15 is 0 Å². The molecule has 0 spiro atoms. The minimum Gasteiger partial charge on any atom is -0.384 e. The molecule has 0 aliphatic carbocycles. The van der Waals surface area contributed by atoms with Crippen LogP contribution in [0.5, 0.6) is 0 Å². The number of carbonyl (C=O) groups excluding carboxylic acids is 1. The molecule has 3 rings (SSSR count). The van der Waals surface area contributed by atoms with Crippen LogP contribution in [0.3, 0.4) is 0 Å². The van der Waals surface area contributed by atoms with Crippen molar-refractivity contribution in [3.8, 4) is 0 Å². The Kier molecular flexibility index (Phi) is 3.43. The van der Waals surface area contributed by atoms with Crippen molar-refractivity contribution in [1.29, 1.82) is 0 Å². The average Bonchev–Trinajstić information content (AvgIpc) is 2.95. The van der Waals surface area contributed by atoms with Gasteiger partial charge in [0.1, 0.15) is 0 Å². The first-order chi connectivity index (χ1) is 9.66. The zero-order valence-corrected chi connectivity index (χ0v) is 11.3. The fourth-order valence-electron chi connectivity index (χ4n) is 3.20. The number of ether oxygens (including phenoxy) is 2. The Morgan fingerprint density at radius 3 is 3.30 bits per heavy atom. The minimum absolute atomic E-state index is 0.0773. The fourth-order valence-corrected chi connectivity index (χ4v) is 3.20. The van der Waals surface area contributed by atoms with Crippen molar-refractivity contribution >= 4 is 5.91 Å². The van der Waals surface area contributed by atoms with Gasteiger partial charge in [-0.3, -0.25) is 9.78 Å². The van der Waals surface area contributed by atoms with Crippen LogP contribution in [0.25, 0.3) is 0 Å². The number of rotatable bonds is 3. The van der Waals surface area contributed by atoms with E-state index in [1.54, 1.807) is 12.0 Å². The van der Waals surface area contributed by atoms with E-state index in [0.29, 0.717) is 32.9 Å². The summed E-state index contributed by atoms with van der Waals surface area (Å²) in [5, 5.41) is 0. The van der Waals surface area contributed by atoms with Crippen LogP contribution >= 0.6 is 0 Å². The smallest absolute Gasteiger partial charge is 0.256 e. The Morgan fingerprint density at radius 1 is 1.70 bits per heavy atom. The first kappa shape index (κ1) is 13.5. The summed E-state index contributed by atoms with van der Waals surface area (Å²) >= 11 is 0. The third-order valence-electron chi connectivity index (χ3n) is 4.24. The van der Waals surface area contributed by atoms with Crippen LogP contribution in [0, 0.1) is 17.2 Å². The van der Waals surface area contributed by atoms with Crippen LogP contribution in [0.1, 0.15) is 10.4 Å². The summed E-state index contributed by atoms with van der Waals surface area (Å²) in [6.07, 6.45) is 2.50. The molecule has 1 aromatic rings. The number of hydrogen-bond acceptors (Lipinski definition) is 4. The number of halogens is 1. The molecule has 0 saturated carbocycles. The van der Waals surface area contributed by atoms with E-state index in [4.69, 9.17) is 9.47 Å². The van der Waals surface area contributed by atoms with Gasteiger partial charge in [0.15, 0.2) is 5.82 Å². The average molecular weight is 280 g/mol. The predicted octanol–water partition coefficient (Wildman–Crippen LogP) is 0.956. The molecule has 3 heterocycles. The monoisotopic (exact) mass is 280 g/mol. The summed E-state index contributed by atoms with van der Waals surface area (Å²) in [7, 11) is 1.65. The number of amides is 1. The van der Waals surface area contributed by atoms with Crippen molar-refractivity contribution in [2.45, 2.75) is 0 Å². The van der Waals surface area contributed by atoms with Crippen LogP contribution < -0.4 is 0 Å². The molecule has 2 saturated heterocycles. The van der Waals surface area contributed by atoms with Gasteiger partial charge in [-0.2, -0.15) is 0 Å². The highest BCUT2D eigenvalue weighted by Crippen LogP contribution is 2.41. The first-order valence-electron chi connectivity index (χ1n) is 6.62. The van der Waals surface area contributed by atoms with Gasteiger partial charge in [0.25, 0.3) is 5.91 Å². The Morgan fingerprint density at radius 2 is 2.55 bits per heavy atom. The zero-order chi connectivity index (χ0) is 14.2. The van der Waals surface area contributed by atoms with Crippen LogP contribution in [0.15, 0.2) is 18.5 Å². The summed E-state index contributed by atoms with van der Waals surface area (Å²) in [6.45, 7) is 2.91. The maximum atomic E-state index is 13.7. The second-order valence-corrected chi connectivity index (χ2v) is 5.55. The summed E-state index contributed by atoms with van der Waals surface area (Å²) in [5.41, 5.74) is -0.0676. The van der Waals surface area contributed by atoms with Gasteiger partial charge in [0, 0.05) is 37.7 Å². The van der Waals surface area contributed by atoms with Crippen molar-refractivity contribution in [2.75, 3.05) is 40.0 Å². The van der Waals surface area contributed by atoms with Crippen LogP contribution in [-0.4, -0.2) is 55.8 Å². The van der Waals surface area contributed by atoms with Gasteiger partial charge in [-0.1, -0.05) is 0 Å². The zero-order valence-electron chi connectivity index (χ0n) is 11.3. The molecule has 108 valence electrons. The Balaban J connectivity index is 1.80. The van der Waals surface area contributed by atoms with Crippen LogP contribution in [-0.2, 0) is 9.47 Å². The molecule has 0 aromatic carbocycles. The number of fused-ring (bicyclic) bond motifs is 1. The van der Waals surface area contributed by atoms with Crippen molar-refractivity contribution in [1.82, 2.24) is 9.88 Å². The second-order valence-electron chi connectivity index (χ2n) is 5.55. The molecule has 5 nitrogen and oxygen atoms in total. The molecular weight excluding hydrogens is 263 g/mol. The normalized spacial score (nSPS) is 28.7. The Labute approximate surface area is 116 Å². The summed E-state index contributed by atoms with van der Waals surface area (Å²) < 4.78 is 24.5. The Bertz CT molecular complexity index is 525. The number of carbonyl (C=O) groups is 1. The van der Waals surface area contributed by atoms with E-state index < -0.39 is 5.82 Å². The summed E-state index contributed by atoms with van der Waals surface area (Å²) in [5.74, 6) is -0.599. The van der Waals surface area contributed by atoms with Gasteiger partial charge in [-0.15, -0.1) is 0 Å². The summed E-state index contributed by atoms with van der Waals surface area (Å²) in [6, 6.07) is 1.42. The highest BCUT2D eigenvalue weighted by molar-refractivity contribution is 5.94. The lowest BCUT2D eigenvalue weighted by Crippen LogP contribution is -2.37. The first-order valence-corrected chi connectivity index (χ1v) is 6.62. The van der Waals surface area contributed by atoms with Crippen LogP contribution in [0.4, 0.5) is 4.39 Å². The lowest BCUT2D eigenvalue weighted by molar-refractivity contribution is 0.0487. The van der Waals surface area contributed by atoms with Gasteiger partial charge in [0.05, 0.1) is 31.6 Å². The predicted molar refractivity (Wildman–Crippen MR) is 68.7 cm³/mol. The number of aromatic nitrogens is 1. The molecule has 6 heteroatoms. The lowest BCUT2D eigenvalue weighted by Gasteiger charge is -2.26. The maximum Gasteiger partial charge on any atom is 0.256 e. The van der Waals surface area contributed by atoms with Gasteiger partial charge < -0.3 is 14.4 Å². The molecule has 2 aliphatic heterocycles. The highest BCUT2D eigenvalue weighted by atomic mass is 19.1.